The number of phenolic OH excluding ortho intramolecular Hbond substituents is 2. The zero-order chi connectivity index (χ0) is 13.7. The Morgan fingerprint density at radius 3 is 2.56 bits per heavy atom. The predicted molar refractivity (Wildman–Crippen MR) is 63.6 cm³/mol. The Balaban J connectivity index is 2.87. The van der Waals surface area contributed by atoms with Gasteiger partial charge in [-0.1, -0.05) is 19.4 Å². The SMILES string of the molecule is CCC[C@@H](NC(=O)c1cccc(O)c1O)C(=O)O. The van der Waals surface area contributed by atoms with E-state index in [9.17, 15) is 19.8 Å². The highest BCUT2D eigenvalue weighted by molar-refractivity contribution is 5.99. The van der Waals surface area contributed by atoms with E-state index >= 15 is 0 Å². The number of aromatic hydroxyl groups is 2. The Hall–Kier alpha value is -2.24. The average Bonchev–Trinajstić information content (AvgIpc) is 2.31. The summed E-state index contributed by atoms with van der Waals surface area (Å²) in [5.41, 5.74) is -0.155. The lowest BCUT2D eigenvalue weighted by Gasteiger charge is -2.14. The third-order valence-corrected chi connectivity index (χ3v) is 2.44. The Kier molecular flexibility index (Phi) is 4.53. The molecular weight excluding hydrogens is 238 g/mol. The summed E-state index contributed by atoms with van der Waals surface area (Å²) in [5.74, 6) is -2.85. The molecule has 0 radical (unpaired) electrons. The molecule has 0 unspecified atom stereocenters. The number of carboxylic acids is 1. The number of hydrogen-bond donors (Lipinski definition) is 4. The molecule has 0 heterocycles. The molecule has 18 heavy (non-hydrogen) atoms. The highest BCUT2D eigenvalue weighted by Gasteiger charge is 2.21. The Morgan fingerprint density at radius 2 is 2.00 bits per heavy atom. The molecule has 0 aliphatic rings. The van der Waals surface area contributed by atoms with Crippen molar-refractivity contribution in [3.8, 4) is 11.5 Å². The molecule has 98 valence electrons. The number of rotatable bonds is 5. The molecule has 6 nitrogen and oxygen atoms in total. The van der Waals surface area contributed by atoms with E-state index in [1.807, 2.05) is 0 Å². The number of carbonyl (C=O) groups is 2. The van der Waals surface area contributed by atoms with Crippen LogP contribution in [0.2, 0.25) is 0 Å². The average molecular weight is 253 g/mol. The Morgan fingerprint density at radius 1 is 1.33 bits per heavy atom. The standard InChI is InChI=1S/C12H15NO5/c1-2-4-8(12(17)18)13-11(16)7-5-3-6-9(14)10(7)15/h3,5-6,8,14-15H,2,4H2,1H3,(H,13,16)(H,17,18)/t8-/m1/s1. The number of benzene rings is 1. The van der Waals surface area contributed by atoms with E-state index in [-0.39, 0.29) is 5.56 Å². The first-order chi connectivity index (χ1) is 8.47. The fraction of sp³-hybridized carbons (Fsp3) is 0.333. The molecule has 1 aromatic carbocycles. The van der Waals surface area contributed by atoms with Gasteiger partial charge in [-0.05, 0) is 18.6 Å². The highest BCUT2D eigenvalue weighted by Crippen LogP contribution is 2.28. The molecule has 1 atom stereocenters. The summed E-state index contributed by atoms with van der Waals surface area (Å²) in [4.78, 5) is 22.6. The van der Waals surface area contributed by atoms with Gasteiger partial charge >= 0.3 is 5.97 Å². The van der Waals surface area contributed by atoms with Crippen molar-refractivity contribution in [2.45, 2.75) is 25.8 Å². The summed E-state index contributed by atoms with van der Waals surface area (Å²) in [6.07, 6.45) is 0.893. The number of amides is 1. The fourth-order valence-electron chi connectivity index (χ4n) is 1.50. The topological polar surface area (TPSA) is 107 Å². The zero-order valence-electron chi connectivity index (χ0n) is 9.88. The van der Waals surface area contributed by atoms with Gasteiger partial charge in [0.15, 0.2) is 11.5 Å². The molecular formula is C12H15NO5. The van der Waals surface area contributed by atoms with Crippen molar-refractivity contribution in [1.29, 1.82) is 0 Å². The largest absolute Gasteiger partial charge is 0.504 e. The lowest BCUT2D eigenvalue weighted by molar-refractivity contribution is -0.139. The molecule has 0 aliphatic heterocycles. The molecule has 0 bridgehead atoms. The molecule has 1 rings (SSSR count). The first-order valence-electron chi connectivity index (χ1n) is 5.52. The normalized spacial score (nSPS) is 11.8. The Labute approximate surface area is 104 Å². The van der Waals surface area contributed by atoms with Gasteiger partial charge in [0.1, 0.15) is 6.04 Å². The van der Waals surface area contributed by atoms with Gasteiger partial charge in [0.05, 0.1) is 5.56 Å². The minimum absolute atomic E-state index is 0.155. The minimum atomic E-state index is -1.13. The number of phenols is 2. The molecule has 0 fully saturated rings. The highest BCUT2D eigenvalue weighted by atomic mass is 16.4. The number of para-hydroxylation sites is 1. The van der Waals surface area contributed by atoms with E-state index < -0.39 is 29.4 Å². The van der Waals surface area contributed by atoms with E-state index in [2.05, 4.69) is 5.32 Å². The summed E-state index contributed by atoms with van der Waals surface area (Å²) in [5, 5.41) is 29.9. The van der Waals surface area contributed by atoms with E-state index in [1.54, 1.807) is 6.92 Å². The van der Waals surface area contributed by atoms with E-state index in [0.29, 0.717) is 12.8 Å². The van der Waals surface area contributed by atoms with Gasteiger partial charge in [-0.2, -0.15) is 0 Å². The van der Waals surface area contributed by atoms with Crippen LogP contribution in [-0.2, 0) is 4.79 Å². The van der Waals surface area contributed by atoms with Gasteiger partial charge in [0.25, 0.3) is 5.91 Å². The summed E-state index contributed by atoms with van der Waals surface area (Å²) >= 11 is 0. The molecule has 1 amide bonds. The van der Waals surface area contributed by atoms with Gasteiger partial charge in [-0.15, -0.1) is 0 Å². The van der Waals surface area contributed by atoms with Gasteiger partial charge in [-0.3, -0.25) is 4.79 Å². The molecule has 0 saturated carbocycles. The van der Waals surface area contributed by atoms with E-state index in [1.165, 1.54) is 18.2 Å². The van der Waals surface area contributed by atoms with Crippen LogP contribution in [0, 0.1) is 0 Å². The van der Waals surface area contributed by atoms with Gasteiger partial charge in [0, 0.05) is 0 Å². The fourth-order valence-corrected chi connectivity index (χ4v) is 1.50. The second-order valence-electron chi connectivity index (χ2n) is 3.83. The lowest BCUT2D eigenvalue weighted by atomic mass is 10.1. The Bertz CT molecular complexity index is 458. The maximum atomic E-state index is 11.8. The van der Waals surface area contributed by atoms with Crippen molar-refractivity contribution >= 4 is 11.9 Å². The number of nitrogens with one attached hydrogen (secondary N) is 1. The van der Waals surface area contributed by atoms with Crippen molar-refractivity contribution in [3.63, 3.8) is 0 Å². The second-order valence-corrected chi connectivity index (χ2v) is 3.83. The van der Waals surface area contributed by atoms with Crippen LogP contribution in [0.25, 0.3) is 0 Å². The molecule has 6 heteroatoms. The van der Waals surface area contributed by atoms with Crippen LogP contribution >= 0.6 is 0 Å². The molecule has 0 saturated heterocycles. The van der Waals surface area contributed by atoms with Gasteiger partial charge in [0.2, 0.25) is 0 Å². The maximum Gasteiger partial charge on any atom is 0.326 e. The third kappa shape index (κ3) is 3.13. The van der Waals surface area contributed by atoms with Crippen LogP contribution in [0.5, 0.6) is 11.5 Å². The van der Waals surface area contributed by atoms with Crippen molar-refractivity contribution < 1.29 is 24.9 Å². The third-order valence-electron chi connectivity index (χ3n) is 2.44. The smallest absolute Gasteiger partial charge is 0.326 e. The lowest BCUT2D eigenvalue weighted by Crippen LogP contribution is -2.40. The zero-order valence-corrected chi connectivity index (χ0v) is 9.88. The number of carbonyl (C=O) groups excluding carboxylic acids is 1. The summed E-state index contributed by atoms with van der Waals surface area (Å²) < 4.78 is 0. The molecule has 0 spiro atoms. The minimum Gasteiger partial charge on any atom is -0.504 e. The van der Waals surface area contributed by atoms with Crippen molar-refractivity contribution in [1.82, 2.24) is 5.32 Å². The molecule has 1 aromatic rings. The van der Waals surface area contributed by atoms with Crippen LogP contribution in [0.15, 0.2) is 18.2 Å². The van der Waals surface area contributed by atoms with Crippen LogP contribution in [0.4, 0.5) is 0 Å². The second kappa shape index (κ2) is 5.90. The van der Waals surface area contributed by atoms with Crippen LogP contribution in [-0.4, -0.2) is 33.2 Å². The first kappa shape index (κ1) is 13.8. The number of hydrogen-bond acceptors (Lipinski definition) is 4. The predicted octanol–water partition coefficient (Wildman–Crippen LogP) is 1.08. The van der Waals surface area contributed by atoms with Crippen LogP contribution in [0.3, 0.4) is 0 Å². The van der Waals surface area contributed by atoms with Crippen molar-refractivity contribution in [2.24, 2.45) is 0 Å². The van der Waals surface area contributed by atoms with Gasteiger partial charge in [-0.25, -0.2) is 4.79 Å². The monoisotopic (exact) mass is 253 g/mol. The molecule has 4 N–H and O–H groups in total. The van der Waals surface area contributed by atoms with Crippen molar-refractivity contribution in [3.05, 3.63) is 23.8 Å². The number of aliphatic carboxylic acids is 1. The van der Waals surface area contributed by atoms with Crippen molar-refractivity contribution in [2.75, 3.05) is 0 Å². The number of carboxylic acid groups (broad SMARTS) is 1. The van der Waals surface area contributed by atoms with Gasteiger partial charge < -0.3 is 20.6 Å². The summed E-state index contributed by atoms with van der Waals surface area (Å²) in [7, 11) is 0. The van der Waals surface area contributed by atoms with Crippen LogP contribution in [0.1, 0.15) is 30.1 Å². The van der Waals surface area contributed by atoms with Crippen LogP contribution < -0.4 is 5.32 Å². The first-order valence-corrected chi connectivity index (χ1v) is 5.52. The quantitative estimate of drug-likeness (QED) is 0.587. The molecule has 0 aliphatic carbocycles. The van der Waals surface area contributed by atoms with E-state index in [4.69, 9.17) is 5.11 Å². The maximum absolute atomic E-state index is 11.8. The summed E-state index contributed by atoms with van der Waals surface area (Å²) in [6, 6.07) is 2.91. The van der Waals surface area contributed by atoms with E-state index in [0.717, 1.165) is 0 Å². The molecule has 0 aromatic heterocycles. The summed E-state index contributed by atoms with van der Waals surface area (Å²) in [6.45, 7) is 1.80.